The number of nitrogens with zero attached hydrogens (tertiary/aromatic N) is 1. The Labute approximate surface area is 86.6 Å². The molecule has 1 aromatic heterocycles. The Hall–Kier alpha value is -1.29. The van der Waals surface area contributed by atoms with Crippen LogP contribution in [0, 0.1) is 12.1 Å². The molecule has 0 amide bonds. The van der Waals surface area contributed by atoms with Crippen LogP contribution in [0.15, 0.2) is 12.3 Å². The molecule has 0 aromatic carbocycles. The van der Waals surface area contributed by atoms with Crippen LogP contribution < -0.4 is 4.73 Å². The lowest BCUT2D eigenvalue weighted by Gasteiger charge is -2.06. The van der Waals surface area contributed by atoms with Gasteiger partial charge in [0.25, 0.3) is 0 Å². The lowest BCUT2D eigenvalue weighted by atomic mass is 10.2. The van der Waals surface area contributed by atoms with Crippen molar-refractivity contribution in [2.24, 2.45) is 0 Å². The predicted molar refractivity (Wildman–Crippen MR) is 51.1 cm³/mol. The van der Waals surface area contributed by atoms with Gasteiger partial charge in [-0.2, -0.15) is 4.73 Å². The van der Waals surface area contributed by atoms with Crippen LogP contribution >= 0.6 is 11.6 Å². The van der Waals surface area contributed by atoms with Gasteiger partial charge in [0.05, 0.1) is 6.61 Å². The number of carbonyl (C=O) groups excluding carboxylic acids is 1. The number of rotatable bonds is 2. The number of halogens is 1. The van der Waals surface area contributed by atoms with Gasteiger partial charge in [-0.25, -0.2) is 4.79 Å². The number of carbonyl (C=O) groups is 1. The third kappa shape index (κ3) is 2.14. The van der Waals surface area contributed by atoms with Crippen molar-refractivity contribution in [3.8, 4) is 0 Å². The van der Waals surface area contributed by atoms with Gasteiger partial charge in [-0.1, -0.05) is 11.6 Å². The van der Waals surface area contributed by atoms with Crippen LogP contribution in [0.3, 0.4) is 0 Å². The molecule has 0 saturated carbocycles. The van der Waals surface area contributed by atoms with Gasteiger partial charge in [-0.15, -0.1) is 0 Å². The molecule has 0 N–H and O–H groups in total. The van der Waals surface area contributed by atoms with E-state index in [1.54, 1.807) is 6.92 Å². The molecule has 0 aliphatic carbocycles. The number of hydrogen-bond acceptors (Lipinski definition) is 3. The van der Waals surface area contributed by atoms with Crippen LogP contribution in [0.1, 0.15) is 23.0 Å². The summed E-state index contributed by atoms with van der Waals surface area (Å²) in [6.45, 7) is 3.50. The van der Waals surface area contributed by atoms with Crippen molar-refractivity contribution in [2.45, 2.75) is 13.8 Å². The zero-order chi connectivity index (χ0) is 10.7. The summed E-state index contributed by atoms with van der Waals surface area (Å²) in [4.78, 5) is 11.3. The molecule has 76 valence electrons. The maximum absolute atomic E-state index is 11.3. The number of ether oxygens (including phenoxy) is 1. The van der Waals surface area contributed by atoms with Crippen molar-refractivity contribution < 1.29 is 14.3 Å². The smallest absolute Gasteiger partial charge is 0.344 e. The molecular formula is C9H10ClNO3. The van der Waals surface area contributed by atoms with Gasteiger partial charge < -0.3 is 9.94 Å². The number of pyridine rings is 1. The molecule has 4 nitrogen and oxygen atoms in total. The van der Waals surface area contributed by atoms with E-state index < -0.39 is 5.97 Å². The summed E-state index contributed by atoms with van der Waals surface area (Å²) < 4.78 is 5.32. The van der Waals surface area contributed by atoms with Crippen molar-refractivity contribution >= 4 is 17.6 Å². The molecule has 0 aliphatic rings. The van der Waals surface area contributed by atoms with Crippen molar-refractivity contribution in [3.05, 3.63) is 33.8 Å². The largest absolute Gasteiger partial charge is 0.618 e. The van der Waals surface area contributed by atoms with Gasteiger partial charge in [0, 0.05) is 6.92 Å². The highest BCUT2D eigenvalue weighted by molar-refractivity contribution is 6.30. The van der Waals surface area contributed by atoms with Crippen LogP contribution in [-0.4, -0.2) is 12.6 Å². The molecule has 0 unspecified atom stereocenters. The Bertz CT molecular complexity index is 365. The third-order valence-corrected chi connectivity index (χ3v) is 1.95. The first-order valence-electron chi connectivity index (χ1n) is 4.12. The highest BCUT2D eigenvalue weighted by atomic mass is 35.5. The van der Waals surface area contributed by atoms with E-state index in [4.69, 9.17) is 16.3 Å². The summed E-state index contributed by atoms with van der Waals surface area (Å²) in [5.41, 5.74) is 0.488. The molecule has 1 heterocycles. The second-order valence-corrected chi connectivity index (χ2v) is 3.14. The average Bonchev–Trinajstić information content (AvgIpc) is 2.11. The van der Waals surface area contributed by atoms with E-state index in [1.807, 2.05) is 0 Å². The van der Waals surface area contributed by atoms with Gasteiger partial charge >= 0.3 is 5.97 Å². The summed E-state index contributed by atoms with van der Waals surface area (Å²) in [6.07, 6.45) is 1.19. The van der Waals surface area contributed by atoms with E-state index in [0.717, 1.165) is 0 Å². The number of aromatic nitrogens is 1. The summed E-state index contributed by atoms with van der Waals surface area (Å²) in [7, 11) is 0. The molecule has 1 rings (SSSR count). The molecule has 0 aliphatic heterocycles. The van der Waals surface area contributed by atoms with E-state index in [9.17, 15) is 10.0 Å². The number of hydrogen-bond donors (Lipinski definition) is 0. The molecule has 0 atom stereocenters. The summed E-state index contributed by atoms with van der Waals surface area (Å²) >= 11 is 5.64. The summed E-state index contributed by atoms with van der Waals surface area (Å²) in [5, 5.41) is 11.4. The van der Waals surface area contributed by atoms with Crippen LogP contribution in [0.2, 0.25) is 5.02 Å². The monoisotopic (exact) mass is 215 g/mol. The summed E-state index contributed by atoms with van der Waals surface area (Å²) in [6, 6.07) is 1.42. The minimum absolute atomic E-state index is 0.203. The van der Waals surface area contributed by atoms with Crippen molar-refractivity contribution in [1.82, 2.24) is 0 Å². The first-order chi connectivity index (χ1) is 6.56. The first-order valence-corrected chi connectivity index (χ1v) is 4.50. The van der Waals surface area contributed by atoms with Gasteiger partial charge in [-0.05, 0) is 13.0 Å². The van der Waals surface area contributed by atoms with Gasteiger partial charge in [-0.3, -0.25) is 0 Å². The first kappa shape index (κ1) is 10.8. The molecule has 0 fully saturated rings. The Morgan fingerprint density at radius 3 is 2.93 bits per heavy atom. The van der Waals surface area contributed by atoms with Crippen LogP contribution in [-0.2, 0) is 4.74 Å². The molecule has 0 saturated heterocycles. The second kappa shape index (κ2) is 4.28. The van der Waals surface area contributed by atoms with E-state index >= 15 is 0 Å². The fourth-order valence-electron chi connectivity index (χ4n) is 1.02. The van der Waals surface area contributed by atoms with E-state index in [2.05, 4.69) is 0 Å². The molecule has 1 aromatic rings. The van der Waals surface area contributed by atoms with E-state index in [0.29, 0.717) is 4.73 Å². The summed E-state index contributed by atoms with van der Waals surface area (Å²) in [5.74, 6) is -0.530. The molecule has 0 spiro atoms. The van der Waals surface area contributed by atoms with Gasteiger partial charge in [0.15, 0.2) is 6.20 Å². The third-order valence-electron chi connectivity index (χ3n) is 1.74. The highest BCUT2D eigenvalue weighted by Crippen LogP contribution is 2.12. The lowest BCUT2D eigenvalue weighted by molar-refractivity contribution is -0.612. The molecule has 5 heteroatoms. The minimum atomic E-state index is -0.530. The fraction of sp³-hybridized carbons (Fsp3) is 0.333. The Morgan fingerprint density at radius 1 is 1.71 bits per heavy atom. The standard InChI is InChI=1S/C9H10ClNO3/c1-3-14-9(12)8-4-7(10)5-11(13)6(8)2/h4-5H,3H2,1-2H3. The Balaban J connectivity index is 3.13. The maximum atomic E-state index is 11.3. The molecule has 0 bridgehead atoms. The zero-order valence-electron chi connectivity index (χ0n) is 7.91. The Morgan fingerprint density at radius 2 is 2.36 bits per heavy atom. The van der Waals surface area contributed by atoms with Crippen molar-refractivity contribution in [3.63, 3.8) is 0 Å². The lowest BCUT2D eigenvalue weighted by Crippen LogP contribution is -2.32. The van der Waals surface area contributed by atoms with Crippen molar-refractivity contribution in [1.29, 1.82) is 0 Å². The second-order valence-electron chi connectivity index (χ2n) is 2.70. The normalized spacial score (nSPS) is 9.93. The average molecular weight is 216 g/mol. The highest BCUT2D eigenvalue weighted by Gasteiger charge is 2.17. The minimum Gasteiger partial charge on any atom is -0.618 e. The molecule has 0 radical (unpaired) electrons. The molecular weight excluding hydrogens is 206 g/mol. The van der Waals surface area contributed by atoms with Crippen LogP contribution in [0.25, 0.3) is 0 Å². The quantitative estimate of drug-likeness (QED) is 0.426. The predicted octanol–water partition coefficient (Wildman–Crippen LogP) is 1.46. The van der Waals surface area contributed by atoms with Gasteiger partial charge in [0.1, 0.15) is 10.6 Å². The van der Waals surface area contributed by atoms with E-state index in [-0.39, 0.29) is 22.9 Å². The Kier molecular flexibility index (Phi) is 3.30. The van der Waals surface area contributed by atoms with Crippen molar-refractivity contribution in [2.75, 3.05) is 6.61 Å². The van der Waals surface area contributed by atoms with E-state index in [1.165, 1.54) is 19.2 Å². The van der Waals surface area contributed by atoms with Crippen LogP contribution in [0.5, 0.6) is 0 Å². The van der Waals surface area contributed by atoms with Gasteiger partial charge in [0.2, 0.25) is 5.69 Å². The SMILES string of the molecule is CCOC(=O)c1cc(Cl)c[n+]([O-])c1C. The maximum Gasteiger partial charge on any atom is 0.344 e. The fourth-order valence-corrected chi connectivity index (χ4v) is 1.22. The van der Waals surface area contributed by atoms with Crippen LogP contribution in [0.4, 0.5) is 0 Å². The number of esters is 1. The molecule has 14 heavy (non-hydrogen) atoms. The topological polar surface area (TPSA) is 53.2 Å². The zero-order valence-corrected chi connectivity index (χ0v) is 8.67.